The van der Waals surface area contributed by atoms with Crippen LogP contribution in [-0.2, 0) is 9.53 Å². The molecule has 1 heterocycles. The Morgan fingerprint density at radius 3 is 3.00 bits per heavy atom. The topological polar surface area (TPSA) is 46.5 Å². The zero-order valence-electron chi connectivity index (χ0n) is 5.42. The van der Waals surface area contributed by atoms with Crippen LogP contribution in [-0.4, -0.2) is 28.6 Å². The van der Waals surface area contributed by atoms with Gasteiger partial charge in [-0.3, -0.25) is 4.79 Å². The van der Waals surface area contributed by atoms with Gasteiger partial charge in [-0.05, 0) is 6.42 Å². The van der Waals surface area contributed by atoms with Crippen LogP contribution in [0.25, 0.3) is 0 Å². The lowest BCUT2D eigenvalue weighted by Gasteiger charge is -2.13. The molecule has 1 N–H and O–H groups in total. The third-order valence-electron chi connectivity index (χ3n) is 1.50. The quantitative estimate of drug-likeness (QED) is 0.530. The summed E-state index contributed by atoms with van der Waals surface area (Å²) >= 11 is 3.10. The lowest BCUT2D eigenvalue weighted by Crippen LogP contribution is -2.26. The maximum absolute atomic E-state index is 10.5. The molecule has 0 aromatic heterocycles. The van der Waals surface area contributed by atoms with Gasteiger partial charge in [0.25, 0.3) is 0 Å². The molecule has 0 bridgehead atoms. The van der Waals surface area contributed by atoms with Crippen LogP contribution in [0.15, 0.2) is 0 Å². The van der Waals surface area contributed by atoms with E-state index in [0.717, 1.165) is 0 Å². The third kappa shape index (κ3) is 1.70. The number of aliphatic hydroxyl groups excluding tert-OH is 1. The largest absolute Gasteiger partial charge is 0.460 e. The normalized spacial score (nSPS) is 28.2. The minimum absolute atomic E-state index is 0.204. The Kier molecular flexibility index (Phi) is 2.68. The van der Waals surface area contributed by atoms with E-state index in [0.29, 0.717) is 18.2 Å². The van der Waals surface area contributed by atoms with E-state index in [9.17, 15) is 4.79 Å². The second-order valence-electron chi connectivity index (χ2n) is 2.29. The van der Waals surface area contributed by atoms with E-state index in [-0.39, 0.29) is 12.1 Å². The van der Waals surface area contributed by atoms with Gasteiger partial charge in [-0.25, -0.2) is 0 Å². The Bertz CT molecular complexity index is 137. The summed E-state index contributed by atoms with van der Waals surface area (Å²) in [6, 6.07) is 0. The Hall–Kier alpha value is -0.0900. The molecule has 1 rings (SSSR count). The fraction of sp³-hybridized carbons (Fsp3) is 0.833. The van der Waals surface area contributed by atoms with Crippen molar-refractivity contribution in [3.8, 4) is 0 Å². The van der Waals surface area contributed by atoms with Crippen LogP contribution in [0.5, 0.6) is 0 Å². The monoisotopic (exact) mass is 208 g/mol. The standard InChI is InChI=1S/C6H9BrO3/c7-3-4(8)5-1-2-6(9)10-5/h4-5,8H,1-3H2/t4-,5+/m0/s1. The van der Waals surface area contributed by atoms with Crippen LogP contribution < -0.4 is 0 Å². The van der Waals surface area contributed by atoms with Crippen LogP contribution in [0.2, 0.25) is 0 Å². The number of esters is 1. The molecule has 0 radical (unpaired) electrons. The Labute approximate surface area is 67.5 Å². The molecular weight excluding hydrogens is 200 g/mol. The molecule has 1 saturated heterocycles. The van der Waals surface area contributed by atoms with Crippen LogP contribution in [0.4, 0.5) is 0 Å². The summed E-state index contributed by atoms with van der Waals surface area (Å²) in [4.78, 5) is 10.5. The molecule has 2 atom stereocenters. The van der Waals surface area contributed by atoms with E-state index in [1.54, 1.807) is 0 Å². The molecule has 0 amide bonds. The van der Waals surface area contributed by atoms with Gasteiger partial charge in [-0.1, -0.05) is 15.9 Å². The summed E-state index contributed by atoms with van der Waals surface area (Å²) in [7, 11) is 0. The lowest BCUT2D eigenvalue weighted by atomic mass is 10.2. The first-order valence-corrected chi connectivity index (χ1v) is 4.29. The highest BCUT2D eigenvalue weighted by molar-refractivity contribution is 9.09. The van der Waals surface area contributed by atoms with E-state index in [1.807, 2.05) is 0 Å². The van der Waals surface area contributed by atoms with Gasteiger partial charge in [0.1, 0.15) is 12.2 Å². The number of carbonyl (C=O) groups excluding carboxylic acids is 1. The highest BCUT2D eigenvalue weighted by atomic mass is 79.9. The van der Waals surface area contributed by atoms with Gasteiger partial charge in [0.15, 0.2) is 0 Å². The maximum Gasteiger partial charge on any atom is 0.306 e. The third-order valence-corrected chi connectivity index (χ3v) is 2.17. The van der Waals surface area contributed by atoms with Crippen LogP contribution in [0.1, 0.15) is 12.8 Å². The number of rotatable bonds is 2. The van der Waals surface area contributed by atoms with E-state index in [4.69, 9.17) is 9.84 Å². The summed E-state index contributed by atoms with van der Waals surface area (Å²) in [5.74, 6) is -0.204. The SMILES string of the molecule is O=C1CC[C@H]([C@@H](O)CBr)O1. The summed E-state index contributed by atoms with van der Waals surface area (Å²) in [5.41, 5.74) is 0. The van der Waals surface area contributed by atoms with Gasteiger partial charge in [0.05, 0.1) is 0 Å². The number of cyclic esters (lactones) is 1. The van der Waals surface area contributed by atoms with E-state index in [2.05, 4.69) is 15.9 Å². The zero-order valence-corrected chi connectivity index (χ0v) is 7.00. The average molecular weight is 209 g/mol. The first-order valence-electron chi connectivity index (χ1n) is 3.17. The van der Waals surface area contributed by atoms with Crippen molar-refractivity contribution in [2.75, 3.05) is 5.33 Å². The fourth-order valence-electron chi connectivity index (χ4n) is 0.917. The van der Waals surface area contributed by atoms with Crippen molar-refractivity contribution in [1.82, 2.24) is 0 Å². The number of aliphatic hydroxyl groups is 1. The van der Waals surface area contributed by atoms with E-state index < -0.39 is 6.10 Å². The Balaban J connectivity index is 2.36. The molecule has 1 fully saturated rings. The highest BCUT2D eigenvalue weighted by Gasteiger charge is 2.28. The molecule has 0 aromatic rings. The van der Waals surface area contributed by atoms with Gasteiger partial charge in [0.2, 0.25) is 0 Å². The molecule has 58 valence electrons. The van der Waals surface area contributed by atoms with E-state index in [1.165, 1.54) is 0 Å². The molecular formula is C6H9BrO3. The summed E-state index contributed by atoms with van der Waals surface area (Å²) < 4.78 is 4.80. The molecule has 0 saturated carbocycles. The smallest absolute Gasteiger partial charge is 0.306 e. The van der Waals surface area contributed by atoms with Gasteiger partial charge in [-0.2, -0.15) is 0 Å². The van der Waals surface area contributed by atoms with Gasteiger partial charge < -0.3 is 9.84 Å². The minimum Gasteiger partial charge on any atom is -0.460 e. The molecule has 0 aliphatic carbocycles. The minimum atomic E-state index is -0.550. The zero-order chi connectivity index (χ0) is 7.56. The predicted octanol–water partition coefficient (Wildman–Crippen LogP) is 0.448. The molecule has 1 aliphatic rings. The number of ether oxygens (including phenoxy) is 1. The molecule has 0 aromatic carbocycles. The first-order chi connectivity index (χ1) is 4.74. The number of hydrogen-bond donors (Lipinski definition) is 1. The highest BCUT2D eigenvalue weighted by Crippen LogP contribution is 2.17. The fourth-order valence-corrected chi connectivity index (χ4v) is 1.33. The number of halogens is 1. The van der Waals surface area contributed by atoms with Crippen LogP contribution >= 0.6 is 15.9 Å². The van der Waals surface area contributed by atoms with Crippen LogP contribution in [0.3, 0.4) is 0 Å². The van der Waals surface area contributed by atoms with E-state index >= 15 is 0 Å². The van der Waals surface area contributed by atoms with Crippen molar-refractivity contribution in [2.24, 2.45) is 0 Å². The van der Waals surface area contributed by atoms with Crippen LogP contribution in [0, 0.1) is 0 Å². The van der Waals surface area contributed by atoms with Crippen molar-refractivity contribution in [2.45, 2.75) is 25.0 Å². The molecule has 1 aliphatic heterocycles. The number of hydrogen-bond acceptors (Lipinski definition) is 3. The second-order valence-corrected chi connectivity index (χ2v) is 2.94. The summed E-state index contributed by atoms with van der Waals surface area (Å²) in [6.45, 7) is 0. The predicted molar refractivity (Wildman–Crippen MR) is 38.9 cm³/mol. The molecule has 3 nitrogen and oxygen atoms in total. The number of alkyl halides is 1. The molecule has 0 unspecified atom stereocenters. The maximum atomic E-state index is 10.5. The van der Waals surface area contributed by atoms with Crippen molar-refractivity contribution in [3.05, 3.63) is 0 Å². The van der Waals surface area contributed by atoms with Crippen molar-refractivity contribution >= 4 is 21.9 Å². The molecule has 0 spiro atoms. The Morgan fingerprint density at radius 2 is 2.60 bits per heavy atom. The Morgan fingerprint density at radius 1 is 1.90 bits per heavy atom. The van der Waals surface area contributed by atoms with Gasteiger partial charge >= 0.3 is 5.97 Å². The molecule has 4 heteroatoms. The number of carbonyl (C=O) groups is 1. The summed E-state index contributed by atoms with van der Waals surface area (Å²) in [6.07, 6.45) is 0.249. The molecule has 10 heavy (non-hydrogen) atoms. The lowest BCUT2D eigenvalue weighted by molar-refractivity contribution is -0.144. The van der Waals surface area contributed by atoms with Crippen molar-refractivity contribution in [1.29, 1.82) is 0 Å². The first kappa shape index (κ1) is 8.01. The van der Waals surface area contributed by atoms with Crippen molar-refractivity contribution in [3.63, 3.8) is 0 Å². The van der Waals surface area contributed by atoms with Gasteiger partial charge in [0, 0.05) is 11.8 Å². The second kappa shape index (κ2) is 3.34. The van der Waals surface area contributed by atoms with Gasteiger partial charge in [-0.15, -0.1) is 0 Å². The summed E-state index contributed by atoms with van der Waals surface area (Å²) in [5, 5.41) is 9.61. The van der Waals surface area contributed by atoms with Crippen molar-refractivity contribution < 1.29 is 14.6 Å². The average Bonchev–Trinajstić information content (AvgIpc) is 2.34.